The van der Waals surface area contributed by atoms with Gasteiger partial charge in [-0.3, -0.25) is 0 Å². The molecule has 1 heterocycles. The summed E-state index contributed by atoms with van der Waals surface area (Å²) in [7, 11) is 0. The van der Waals surface area contributed by atoms with E-state index >= 15 is 0 Å². The Morgan fingerprint density at radius 1 is 1.59 bits per heavy atom. The Labute approximate surface area is 96.2 Å². The number of nitrogens with zero attached hydrogens (tertiary/aromatic N) is 3. The third kappa shape index (κ3) is 3.45. The Morgan fingerprint density at radius 3 is 2.82 bits per heavy atom. The van der Waals surface area contributed by atoms with Gasteiger partial charge in [0.05, 0.1) is 0 Å². The Hall–Kier alpha value is -1.57. The van der Waals surface area contributed by atoms with Gasteiger partial charge in [-0.15, -0.1) is 5.10 Å². The van der Waals surface area contributed by atoms with Gasteiger partial charge in [-0.25, -0.2) is 18.3 Å². The lowest BCUT2D eigenvalue weighted by Crippen LogP contribution is -2.10. The number of aromatic carboxylic acids is 1. The van der Waals surface area contributed by atoms with Gasteiger partial charge in [-0.1, -0.05) is 5.21 Å². The SMILES string of the molecule is CCOCCCn1nnc(C(=O)O)c1C(F)F. The first kappa shape index (κ1) is 13.5. The summed E-state index contributed by atoms with van der Waals surface area (Å²) >= 11 is 0. The Morgan fingerprint density at radius 2 is 2.29 bits per heavy atom. The van der Waals surface area contributed by atoms with Crippen molar-refractivity contribution in [2.45, 2.75) is 26.3 Å². The molecule has 0 bridgehead atoms. The number of rotatable bonds is 7. The van der Waals surface area contributed by atoms with Crippen LogP contribution in [0.4, 0.5) is 8.78 Å². The highest BCUT2D eigenvalue weighted by atomic mass is 19.3. The van der Waals surface area contributed by atoms with Crippen molar-refractivity contribution in [1.29, 1.82) is 0 Å². The third-order valence-electron chi connectivity index (χ3n) is 2.05. The summed E-state index contributed by atoms with van der Waals surface area (Å²) in [6.07, 6.45) is -2.45. The van der Waals surface area contributed by atoms with Gasteiger partial charge in [-0.2, -0.15) is 0 Å². The maximum absolute atomic E-state index is 12.7. The standard InChI is InChI=1S/C9H13F2N3O3/c1-2-17-5-3-4-14-7(8(10)11)6(9(15)16)12-13-14/h8H,2-5H2,1H3,(H,15,16). The van der Waals surface area contributed by atoms with Crippen molar-refractivity contribution < 1.29 is 23.4 Å². The molecule has 0 atom stereocenters. The summed E-state index contributed by atoms with van der Waals surface area (Å²) in [5.74, 6) is -1.50. The van der Waals surface area contributed by atoms with Crippen LogP contribution in [-0.4, -0.2) is 39.3 Å². The molecule has 1 rings (SSSR count). The zero-order valence-electron chi connectivity index (χ0n) is 9.27. The van der Waals surface area contributed by atoms with Crippen LogP contribution in [0.15, 0.2) is 0 Å². The zero-order valence-corrected chi connectivity index (χ0v) is 9.27. The number of halogens is 2. The largest absolute Gasteiger partial charge is 0.476 e. The van der Waals surface area contributed by atoms with Crippen molar-refractivity contribution in [1.82, 2.24) is 15.0 Å². The molecule has 1 aromatic heterocycles. The molecule has 0 fully saturated rings. The smallest absolute Gasteiger partial charge is 0.358 e. The highest BCUT2D eigenvalue weighted by molar-refractivity contribution is 5.86. The average molecular weight is 249 g/mol. The molecule has 0 saturated heterocycles. The molecule has 1 aromatic rings. The van der Waals surface area contributed by atoms with Crippen LogP contribution in [-0.2, 0) is 11.3 Å². The van der Waals surface area contributed by atoms with Crippen molar-refractivity contribution in [3.63, 3.8) is 0 Å². The number of aryl methyl sites for hydroxylation is 1. The first-order valence-electron chi connectivity index (χ1n) is 5.10. The predicted molar refractivity (Wildman–Crippen MR) is 53.0 cm³/mol. The topological polar surface area (TPSA) is 77.2 Å². The van der Waals surface area contributed by atoms with E-state index in [1.54, 1.807) is 0 Å². The minimum Gasteiger partial charge on any atom is -0.476 e. The van der Waals surface area contributed by atoms with Gasteiger partial charge in [-0.05, 0) is 13.3 Å². The number of ether oxygens (including phenoxy) is 1. The van der Waals surface area contributed by atoms with E-state index in [0.29, 0.717) is 19.6 Å². The van der Waals surface area contributed by atoms with Gasteiger partial charge in [0.1, 0.15) is 5.69 Å². The van der Waals surface area contributed by atoms with Gasteiger partial charge in [0.25, 0.3) is 6.43 Å². The average Bonchev–Trinajstić information content (AvgIpc) is 2.68. The summed E-state index contributed by atoms with van der Waals surface area (Å²) < 4.78 is 31.3. The predicted octanol–water partition coefficient (Wildman–Crippen LogP) is 1.34. The molecule has 0 aliphatic heterocycles. The second-order valence-corrected chi connectivity index (χ2v) is 3.20. The normalized spacial score (nSPS) is 11.1. The highest BCUT2D eigenvalue weighted by Gasteiger charge is 2.25. The Bertz CT molecular complexity index is 382. The number of hydrogen-bond donors (Lipinski definition) is 1. The van der Waals surface area contributed by atoms with Gasteiger partial charge < -0.3 is 9.84 Å². The van der Waals surface area contributed by atoms with Crippen molar-refractivity contribution in [3.05, 3.63) is 11.4 Å². The molecule has 96 valence electrons. The lowest BCUT2D eigenvalue weighted by atomic mass is 10.3. The fraction of sp³-hybridized carbons (Fsp3) is 0.667. The van der Waals surface area contributed by atoms with E-state index in [1.807, 2.05) is 6.92 Å². The monoisotopic (exact) mass is 249 g/mol. The molecule has 1 N–H and O–H groups in total. The van der Waals surface area contributed by atoms with E-state index in [2.05, 4.69) is 10.3 Å². The van der Waals surface area contributed by atoms with Crippen LogP contribution in [0.2, 0.25) is 0 Å². The summed E-state index contributed by atoms with van der Waals surface area (Å²) in [6, 6.07) is 0. The van der Waals surface area contributed by atoms with Gasteiger partial charge in [0.15, 0.2) is 5.69 Å². The third-order valence-corrected chi connectivity index (χ3v) is 2.05. The number of carbonyl (C=O) groups is 1. The molecule has 17 heavy (non-hydrogen) atoms. The van der Waals surface area contributed by atoms with Crippen molar-refractivity contribution in [2.24, 2.45) is 0 Å². The zero-order chi connectivity index (χ0) is 12.8. The molecule has 0 unspecified atom stereocenters. The van der Waals surface area contributed by atoms with Crippen LogP contribution in [0.3, 0.4) is 0 Å². The van der Waals surface area contributed by atoms with Crippen molar-refractivity contribution in [2.75, 3.05) is 13.2 Å². The summed E-state index contributed by atoms with van der Waals surface area (Å²) in [4.78, 5) is 10.6. The maximum Gasteiger partial charge on any atom is 0.358 e. The molecule has 6 nitrogen and oxygen atoms in total. The van der Waals surface area contributed by atoms with E-state index in [1.165, 1.54) is 0 Å². The number of hydrogen-bond acceptors (Lipinski definition) is 4. The first-order chi connectivity index (χ1) is 8.07. The quantitative estimate of drug-likeness (QED) is 0.738. The number of carboxylic acids is 1. The van der Waals surface area contributed by atoms with Crippen LogP contribution in [0.1, 0.15) is 36.0 Å². The highest BCUT2D eigenvalue weighted by Crippen LogP contribution is 2.21. The van der Waals surface area contributed by atoms with Crippen molar-refractivity contribution >= 4 is 5.97 Å². The lowest BCUT2D eigenvalue weighted by Gasteiger charge is -2.05. The van der Waals surface area contributed by atoms with Crippen molar-refractivity contribution in [3.8, 4) is 0 Å². The van der Waals surface area contributed by atoms with E-state index in [9.17, 15) is 13.6 Å². The second kappa shape index (κ2) is 6.24. The fourth-order valence-electron chi connectivity index (χ4n) is 1.31. The molecule has 0 spiro atoms. The molecule has 0 aliphatic rings. The second-order valence-electron chi connectivity index (χ2n) is 3.20. The minimum absolute atomic E-state index is 0.153. The molecular weight excluding hydrogens is 236 g/mol. The summed E-state index contributed by atoms with van der Waals surface area (Å²) in [5, 5.41) is 15.3. The van der Waals surface area contributed by atoms with E-state index in [0.717, 1.165) is 4.68 Å². The Balaban J connectivity index is 2.74. The summed E-state index contributed by atoms with van der Waals surface area (Å²) in [5.41, 5.74) is -1.36. The number of alkyl halides is 2. The molecule has 0 amide bonds. The molecular formula is C9H13F2N3O3. The van der Waals surface area contributed by atoms with Crippen LogP contribution in [0, 0.1) is 0 Å². The number of carboxylic acid groups (broad SMARTS) is 1. The molecule has 0 radical (unpaired) electrons. The molecule has 0 aromatic carbocycles. The van der Waals surface area contributed by atoms with Crippen LogP contribution >= 0.6 is 0 Å². The van der Waals surface area contributed by atoms with Gasteiger partial charge >= 0.3 is 5.97 Å². The van der Waals surface area contributed by atoms with E-state index in [-0.39, 0.29) is 6.54 Å². The Kier molecular flexibility index (Phi) is 4.95. The van der Waals surface area contributed by atoms with Crippen LogP contribution < -0.4 is 0 Å². The molecule has 0 aliphatic carbocycles. The minimum atomic E-state index is -2.91. The lowest BCUT2D eigenvalue weighted by molar-refractivity contribution is 0.0675. The van der Waals surface area contributed by atoms with Gasteiger partial charge in [0, 0.05) is 19.8 Å². The summed E-state index contributed by atoms with van der Waals surface area (Å²) in [6.45, 7) is 2.92. The molecule has 8 heteroatoms. The van der Waals surface area contributed by atoms with E-state index in [4.69, 9.17) is 9.84 Å². The van der Waals surface area contributed by atoms with Crippen LogP contribution in [0.25, 0.3) is 0 Å². The fourth-order valence-corrected chi connectivity index (χ4v) is 1.31. The van der Waals surface area contributed by atoms with Gasteiger partial charge in [0.2, 0.25) is 0 Å². The first-order valence-corrected chi connectivity index (χ1v) is 5.10. The maximum atomic E-state index is 12.7. The van der Waals surface area contributed by atoms with E-state index < -0.39 is 23.8 Å². The molecule has 0 saturated carbocycles. The number of aromatic nitrogens is 3. The van der Waals surface area contributed by atoms with Crippen LogP contribution in [0.5, 0.6) is 0 Å².